The molecule has 0 aliphatic heterocycles. The zero-order chi connectivity index (χ0) is 34.4. The van der Waals surface area contributed by atoms with Gasteiger partial charge in [0, 0.05) is 40.2 Å². The lowest BCUT2D eigenvalue weighted by molar-refractivity contribution is 0.623. The highest BCUT2D eigenvalue weighted by Gasteiger charge is 2.19. The Morgan fingerprint density at radius 3 is 1.71 bits per heavy atom. The van der Waals surface area contributed by atoms with Crippen molar-refractivity contribution in [2.75, 3.05) is 0 Å². The first-order chi connectivity index (χ1) is 25.8. The van der Waals surface area contributed by atoms with Gasteiger partial charge in [-0.25, -0.2) is 9.97 Å². The van der Waals surface area contributed by atoms with Crippen LogP contribution in [0, 0.1) is 0 Å². The molecule has 0 fully saturated rings. The van der Waals surface area contributed by atoms with Crippen LogP contribution in [0.1, 0.15) is 0 Å². The quantitative estimate of drug-likeness (QED) is 0.177. The van der Waals surface area contributed by atoms with E-state index in [-0.39, 0.29) is 0 Å². The van der Waals surface area contributed by atoms with Crippen molar-refractivity contribution in [2.45, 2.75) is 0 Å². The van der Waals surface area contributed by atoms with Gasteiger partial charge < -0.3 is 8.98 Å². The maximum absolute atomic E-state index is 6.49. The van der Waals surface area contributed by atoms with Crippen molar-refractivity contribution in [3.05, 3.63) is 182 Å². The first-order valence-electron chi connectivity index (χ1n) is 17.3. The molecule has 0 N–H and O–H groups in total. The zero-order valence-electron chi connectivity index (χ0n) is 28.0. The third-order valence-corrected chi connectivity index (χ3v) is 9.76. The van der Waals surface area contributed by atoms with Crippen molar-refractivity contribution in [2.24, 2.45) is 0 Å². The standard InChI is InChI=1S/C47H30N4O/c1-3-9-34(10-4-1)41-29-37(32-17-15-31(16-18-32)33-25-27-48-28-26-33)30-42(49-41)35-19-21-38(22-20-35)51-43-14-8-7-13-39(43)45-44(51)24-23-40-46(45)52-47(50-40)36-11-5-2-6-12-36/h1-30H. The number of hydrogen-bond donors (Lipinski definition) is 0. The van der Waals surface area contributed by atoms with E-state index in [1.165, 1.54) is 0 Å². The van der Waals surface area contributed by atoms with Crippen LogP contribution in [0.5, 0.6) is 0 Å². The summed E-state index contributed by atoms with van der Waals surface area (Å²) in [7, 11) is 0. The van der Waals surface area contributed by atoms with Crippen LogP contribution in [0.3, 0.4) is 0 Å². The Hall–Kier alpha value is -7.11. The number of rotatable bonds is 6. The van der Waals surface area contributed by atoms with Gasteiger partial charge >= 0.3 is 0 Å². The van der Waals surface area contributed by atoms with E-state index in [1.54, 1.807) is 0 Å². The van der Waals surface area contributed by atoms with Crippen LogP contribution in [0.2, 0.25) is 0 Å². The van der Waals surface area contributed by atoms with Crippen LogP contribution >= 0.6 is 0 Å². The largest absolute Gasteiger partial charge is 0.435 e. The van der Waals surface area contributed by atoms with Crippen LogP contribution < -0.4 is 0 Å². The summed E-state index contributed by atoms with van der Waals surface area (Å²) in [5, 5.41) is 2.18. The van der Waals surface area contributed by atoms with Gasteiger partial charge in [0.25, 0.3) is 0 Å². The molecule has 244 valence electrons. The van der Waals surface area contributed by atoms with Crippen molar-refractivity contribution in [1.29, 1.82) is 0 Å². The molecule has 0 saturated carbocycles. The molecular weight excluding hydrogens is 637 g/mol. The van der Waals surface area contributed by atoms with Crippen molar-refractivity contribution in [3.8, 4) is 61.9 Å². The van der Waals surface area contributed by atoms with E-state index in [4.69, 9.17) is 14.4 Å². The number of fused-ring (bicyclic) bond motifs is 5. The van der Waals surface area contributed by atoms with Crippen molar-refractivity contribution < 1.29 is 4.42 Å². The molecule has 5 nitrogen and oxygen atoms in total. The van der Waals surface area contributed by atoms with E-state index in [2.05, 4.69) is 131 Å². The van der Waals surface area contributed by atoms with Crippen molar-refractivity contribution in [3.63, 3.8) is 0 Å². The van der Waals surface area contributed by atoms with Gasteiger partial charge in [-0.1, -0.05) is 103 Å². The van der Waals surface area contributed by atoms with Crippen LogP contribution in [-0.4, -0.2) is 19.5 Å². The molecule has 52 heavy (non-hydrogen) atoms. The Balaban J connectivity index is 1.07. The highest BCUT2D eigenvalue weighted by atomic mass is 16.3. The average Bonchev–Trinajstić information content (AvgIpc) is 3.82. The first kappa shape index (κ1) is 29.8. The zero-order valence-corrected chi connectivity index (χ0v) is 28.0. The van der Waals surface area contributed by atoms with Gasteiger partial charge in [0.1, 0.15) is 5.52 Å². The van der Waals surface area contributed by atoms with Gasteiger partial charge in [0.2, 0.25) is 5.89 Å². The molecule has 0 amide bonds. The lowest BCUT2D eigenvalue weighted by atomic mass is 9.98. The molecule has 0 saturated heterocycles. The third kappa shape index (κ3) is 5.15. The predicted octanol–water partition coefficient (Wildman–Crippen LogP) is 12.0. The normalized spacial score (nSPS) is 11.5. The highest BCUT2D eigenvalue weighted by Crippen LogP contribution is 2.39. The molecule has 5 heteroatoms. The summed E-state index contributed by atoms with van der Waals surface area (Å²) in [5.74, 6) is 0.624. The SMILES string of the molecule is c1ccc(-c2cc(-c3ccc(-c4ccncc4)cc3)cc(-c3ccc(-n4c5ccccc5c5c6oc(-c7ccccc7)nc6ccc54)cc3)n2)cc1. The number of pyridine rings is 2. The van der Waals surface area contributed by atoms with Crippen LogP contribution in [-0.2, 0) is 0 Å². The Labute approximate surface area is 300 Å². The summed E-state index contributed by atoms with van der Waals surface area (Å²) in [5.41, 5.74) is 14.4. The Morgan fingerprint density at radius 2 is 1.00 bits per heavy atom. The number of para-hydroxylation sites is 1. The van der Waals surface area contributed by atoms with Gasteiger partial charge in [-0.3, -0.25) is 4.98 Å². The minimum Gasteiger partial charge on any atom is -0.435 e. The van der Waals surface area contributed by atoms with E-state index < -0.39 is 0 Å². The monoisotopic (exact) mass is 666 g/mol. The summed E-state index contributed by atoms with van der Waals surface area (Å²) < 4.78 is 8.80. The second-order valence-electron chi connectivity index (χ2n) is 12.9. The van der Waals surface area contributed by atoms with E-state index in [1.807, 2.05) is 60.9 Å². The van der Waals surface area contributed by atoms with Gasteiger partial charge in [0.15, 0.2) is 5.58 Å². The van der Waals surface area contributed by atoms with E-state index >= 15 is 0 Å². The molecular formula is C47H30N4O. The van der Waals surface area contributed by atoms with Crippen LogP contribution in [0.15, 0.2) is 187 Å². The molecule has 0 atom stereocenters. The molecule has 6 aromatic carbocycles. The summed E-state index contributed by atoms with van der Waals surface area (Å²) >= 11 is 0. The molecule has 0 aliphatic carbocycles. The maximum Gasteiger partial charge on any atom is 0.227 e. The summed E-state index contributed by atoms with van der Waals surface area (Å²) in [6.45, 7) is 0. The Morgan fingerprint density at radius 1 is 0.423 bits per heavy atom. The van der Waals surface area contributed by atoms with E-state index in [0.29, 0.717) is 5.89 Å². The third-order valence-electron chi connectivity index (χ3n) is 9.76. The Kier molecular flexibility index (Phi) is 7.07. The molecule has 0 radical (unpaired) electrons. The van der Waals surface area contributed by atoms with E-state index in [0.717, 1.165) is 88.9 Å². The average molecular weight is 667 g/mol. The fourth-order valence-corrected chi connectivity index (χ4v) is 7.20. The first-order valence-corrected chi connectivity index (χ1v) is 17.3. The molecule has 4 aromatic heterocycles. The van der Waals surface area contributed by atoms with Gasteiger partial charge in [-0.15, -0.1) is 0 Å². The molecule has 10 rings (SSSR count). The van der Waals surface area contributed by atoms with Gasteiger partial charge in [0.05, 0.1) is 27.8 Å². The summed E-state index contributed by atoms with van der Waals surface area (Å²) in [6.07, 6.45) is 3.65. The Bertz CT molecular complexity index is 2860. The summed E-state index contributed by atoms with van der Waals surface area (Å²) in [6, 6.07) is 59.0. The smallest absolute Gasteiger partial charge is 0.227 e. The number of benzene rings is 6. The van der Waals surface area contributed by atoms with Gasteiger partial charge in [-0.2, -0.15) is 0 Å². The highest BCUT2D eigenvalue weighted by molar-refractivity contribution is 6.19. The fraction of sp³-hybridized carbons (Fsp3) is 0. The van der Waals surface area contributed by atoms with Crippen LogP contribution in [0.4, 0.5) is 0 Å². The van der Waals surface area contributed by atoms with Crippen molar-refractivity contribution in [1.82, 2.24) is 19.5 Å². The maximum atomic E-state index is 6.49. The number of aromatic nitrogens is 4. The van der Waals surface area contributed by atoms with Gasteiger partial charge in [-0.05, 0) is 89.0 Å². The molecule has 0 bridgehead atoms. The molecule has 0 spiro atoms. The number of oxazole rings is 1. The summed E-state index contributed by atoms with van der Waals surface area (Å²) in [4.78, 5) is 14.2. The lowest BCUT2D eigenvalue weighted by Gasteiger charge is -2.12. The number of nitrogens with zero attached hydrogens (tertiary/aromatic N) is 4. The second kappa shape index (κ2) is 12.3. The topological polar surface area (TPSA) is 56.7 Å². The lowest BCUT2D eigenvalue weighted by Crippen LogP contribution is -1.95. The number of hydrogen-bond acceptors (Lipinski definition) is 4. The second-order valence-corrected chi connectivity index (χ2v) is 12.9. The minimum absolute atomic E-state index is 0.624. The fourth-order valence-electron chi connectivity index (χ4n) is 7.20. The van der Waals surface area contributed by atoms with Crippen LogP contribution in [0.25, 0.3) is 94.8 Å². The molecule has 4 heterocycles. The molecule has 0 unspecified atom stereocenters. The minimum atomic E-state index is 0.624. The predicted molar refractivity (Wildman–Crippen MR) is 211 cm³/mol. The van der Waals surface area contributed by atoms with Crippen molar-refractivity contribution >= 4 is 32.9 Å². The molecule has 0 aliphatic rings. The van der Waals surface area contributed by atoms with E-state index in [9.17, 15) is 0 Å². The molecule has 10 aromatic rings.